The second-order valence-corrected chi connectivity index (χ2v) is 6.83. The van der Waals surface area contributed by atoms with Crippen LogP contribution in [0.15, 0.2) is 18.2 Å². The lowest BCUT2D eigenvalue weighted by Gasteiger charge is -2.37. The zero-order valence-corrected chi connectivity index (χ0v) is 13.0. The summed E-state index contributed by atoms with van der Waals surface area (Å²) in [5.41, 5.74) is 9.98. The van der Waals surface area contributed by atoms with Gasteiger partial charge in [-0.3, -0.25) is 0 Å². The highest BCUT2D eigenvalue weighted by Crippen LogP contribution is 2.30. The molecule has 0 spiro atoms. The third kappa shape index (κ3) is 3.05. The maximum atomic E-state index is 5.85. The molecule has 18 heavy (non-hydrogen) atoms. The molecule has 1 aromatic rings. The van der Waals surface area contributed by atoms with Gasteiger partial charge in [0, 0.05) is 24.8 Å². The molecule has 2 nitrogen and oxygen atoms in total. The Morgan fingerprint density at radius 3 is 2.06 bits per heavy atom. The lowest BCUT2D eigenvalue weighted by atomic mass is 9.85. The van der Waals surface area contributed by atoms with Crippen molar-refractivity contribution in [2.24, 2.45) is 5.73 Å². The van der Waals surface area contributed by atoms with Crippen molar-refractivity contribution in [2.75, 3.05) is 18.5 Å². The number of hydrogen-bond donors (Lipinski definition) is 1. The lowest BCUT2D eigenvalue weighted by molar-refractivity contribution is 0.497. The largest absolute Gasteiger partial charge is 0.368 e. The van der Waals surface area contributed by atoms with Gasteiger partial charge in [-0.15, -0.1) is 0 Å². The van der Waals surface area contributed by atoms with E-state index in [0.29, 0.717) is 6.54 Å². The molecule has 0 unspecified atom stereocenters. The number of anilines is 1. The summed E-state index contributed by atoms with van der Waals surface area (Å²) in [6, 6.07) is 6.73. The quantitative estimate of drug-likeness (QED) is 0.887. The number of hydrogen-bond acceptors (Lipinski definition) is 2. The van der Waals surface area contributed by atoms with Gasteiger partial charge < -0.3 is 10.6 Å². The van der Waals surface area contributed by atoms with E-state index in [1.54, 1.807) is 0 Å². The fourth-order valence-electron chi connectivity index (χ4n) is 1.96. The highest BCUT2D eigenvalue weighted by atomic mass is 15.2. The van der Waals surface area contributed by atoms with Crippen LogP contribution in [0.2, 0.25) is 0 Å². The molecule has 0 fully saturated rings. The van der Waals surface area contributed by atoms with Crippen molar-refractivity contribution < 1.29 is 0 Å². The first-order valence-electron chi connectivity index (χ1n) is 6.64. The van der Waals surface area contributed by atoms with E-state index in [-0.39, 0.29) is 11.0 Å². The van der Waals surface area contributed by atoms with Gasteiger partial charge >= 0.3 is 0 Å². The first-order chi connectivity index (χ1) is 8.09. The maximum Gasteiger partial charge on any atom is 0.0464 e. The molecule has 0 heterocycles. The van der Waals surface area contributed by atoms with Crippen LogP contribution >= 0.6 is 0 Å². The predicted molar refractivity (Wildman–Crippen MR) is 81.4 cm³/mol. The summed E-state index contributed by atoms with van der Waals surface area (Å²) in [7, 11) is 2.12. The van der Waals surface area contributed by atoms with Crippen LogP contribution in [0.3, 0.4) is 0 Å². The van der Waals surface area contributed by atoms with Crippen molar-refractivity contribution in [3.05, 3.63) is 29.3 Å². The Morgan fingerprint density at radius 1 is 1.11 bits per heavy atom. The molecule has 2 N–H and O–H groups in total. The number of nitrogens with zero attached hydrogens (tertiary/aromatic N) is 1. The van der Waals surface area contributed by atoms with Gasteiger partial charge in [-0.25, -0.2) is 0 Å². The Hall–Kier alpha value is -1.02. The van der Waals surface area contributed by atoms with Crippen molar-refractivity contribution >= 4 is 5.69 Å². The molecule has 1 rings (SSSR count). The molecule has 0 aromatic heterocycles. The van der Waals surface area contributed by atoms with Gasteiger partial charge in [-0.2, -0.15) is 0 Å². The summed E-state index contributed by atoms with van der Waals surface area (Å²) < 4.78 is 0. The van der Waals surface area contributed by atoms with E-state index in [2.05, 4.69) is 71.7 Å². The summed E-state index contributed by atoms with van der Waals surface area (Å²) in [5, 5.41) is 0. The molecular formula is C16H28N2. The van der Waals surface area contributed by atoms with Crippen LogP contribution in [-0.4, -0.2) is 19.1 Å². The Morgan fingerprint density at radius 2 is 1.67 bits per heavy atom. The molecule has 0 saturated carbocycles. The summed E-state index contributed by atoms with van der Waals surface area (Å²) in [5.74, 6) is 0. The Balaban J connectivity index is 3.14. The smallest absolute Gasteiger partial charge is 0.0464 e. The molecule has 0 atom stereocenters. The van der Waals surface area contributed by atoms with E-state index in [9.17, 15) is 0 Å². The summed E-state index contributed by atoms with van der Waals surface area (Å²) >= 11 is 0. The standard InChI is InChI=1S/C16H28N2/c1-12-10-13(15(2,3)4)8-9-14(12)18(7)16(5,6)11-17/h8-10H,11,17H2,1-7H3. The van der Waals surface area contributed by atoms with Crippen LogP contribution < -0.4 is 10.6 Å². The van der Waals surface area contributed by atoms with E-state index < -0.39 is 0 Å². The number of benzene rings is 1. The average Bonchev–Trinajstić information content (AvgIpc) is 2.26. The monoisotopic (exact) mass is 248 g/mol. The Labute approximate surface area is 112 Å². The van der Waals surface area contributed by atoms with Crippen LogP contribution in [0.1, 0.15) is 45.7 Å². The van der Waals surface area contributed by atoms with E-state index in [1.807, 2.05) is 0 Å². The number of rotatable bonds is 3. The molecule has 0 saturated heterocycles. The van der Waals surface area contributed by atoms with E-state index in [4.69, 9.17) is 5.73 Å². The summed E-state index contributed by atoms with van der Waals surface area (Å²) in [6.07, 6.45) is 0. The molecule has 0 aliphatic carbocycles. The van der Waals surface area contributed by atoms with Gasteiger partial charge in [0.2, 0.25) is 0 Å². The molecular weight excluding hydrogens is 220 g/mol. The minimum Gasteiger partial charge on any atom is -0.368 e. The molecule has 0 radical (unpaired) electrons. The van der Waals surface area contributed by atoms with Gasteiger partial charge in [0.1, 0.15) is 0 Å². The summed E-state index contributed by atoms with van der Waals surface area (Å²) in [6.45, 7) is 13.9. The third-order valence-electron chi connectivity index (χ3n) is 3.83. The Kier molecular flexibility index (Phi) is 4.12. The maximum absolute atomic E-state index is 5.85. The summed E-state index contributed by atoms with van der Waals surface area (Å²) in [4.78, 5) is 2.27. The fraction of sp³-hybridized carbons (Fsp3) is 0.625. The topological polar surface area (TPSA) is 29.3 Å². The van der Waals surface area contributed by atoms with Gasteiger partial charge in [0.25, 0.3) is 0 Å². The molecule has 2 heteroatoms. The number of likely N-dealkylation sites (N-methyl/N-ethyl adjacent to an activating group) is 1. The second kappa shape index (κ2) is 4.93. The second-order valence-electron chi connectivity index (χ2n) is 6.83. The third-order valence-corrected chi connectivity index (χ3v) is 3.83. The minimum atomic E-state index is -0.0198. The van der Waals surface area contributed by atoms with Gasteiger partial charge in [0.05, 0.1) is 0 Å². The lowest BCUT2D eigenvalue weighted by Crippen LogP contribution is -2.47. The van der Waals surface area contributed by atoms with Gasteiger partial charge in [-0.05, 0) is 43.4 Å². The van der Waals surface area contributed by atoms with Crippen molar-refractivity contribution in [3.63, 3.8) is 0 Å². The van der Waals surface area contributed by atoms with Crippen LogP contribution in [0.25, 0.3) is 0 Å². The van der Waals surface area contributed by atoms with Crippen LogP contribution in [0.4, 0.5) is 5.69 Å². The van der Waals surface area contributed by atoms with Crippen LogP contribution in [-0.2, 0) is 5.41 Å². The van der Waals surface area contributed by atoms with Gasteiger partial charge in [-0.1, -0.05) is 32.9 Å². The first kappa shape index (κ1) is 15.0. The highest BCUT2D eigenvalue weighted by molar-refractivity contribution is 5.56. The molecule has 1 aromatic carbocycles. The number of nitrogens with two attached hydrogens (primary N) is 1. The molecule has 0 amide bonds. The number of aryl methyl sites for hydroxylation is 1. The molecule has 0 aliphatic rings. The zero-order valence-electron chi connectivity index (χ0n) is 13.0. The van der Waals surface area contributed by atoms with Gasteiger partial charge in [0.15, 0.2) is 0 Å². The van der Waals surface area contributed by atoms with Crippen LogP contribution in [0.5, 0.6) is 0 Å². The molecule has 0 bridgehead atoms. The highest BCUT2D eigenvalue weighted by Gasteiger charge is 2.23. The normalized spacial score (nSPS) is 12.7. The Bertz CT molecular complexity index is 414. The van der Waals surface area contributed by atoms with Crippen molar-refractivity contribution in [2.45, 2.75) is 52.5 Å². The van der Waals surface area contributed by atoms with Crippen LogP contribution in [0, 0.1) is 6.92 Å². The molecule has 0 aliphatic heterocycles. The fourth-order valence-corrected chi connectivity index (χ4v) is 1.96. The first-order valence-corrected chi connectivity index (χ1v) is 6.64. The van der Waals surface area contributed by atoms with Crippen molar-refractivity contribution in [1.29, 1.82) is 0 Å². The predicted octanol–water partition coefficient (Wildman–Crippen LogP) is 3.47. The van der Waals surface area contributed by atoms with E-state index >= 15 is 0 Å². The van der Waals surface area contributed by atoms with E-state index in [0.717, 1.165) is 0 Å². The average molecular weight is 248 g/mol. The van der Waals surface area contributed by atoms with Crippen molar-refractivity contribution in [1.82, 2.24) is 0 Å². The van der Waals surface area contributed by atoms with Crippen molar-refractivity contribution in [3.8, 4) is 0 Å². The minimum absolute atomic E-state index is 0.0198. The van der Waals surface area contributed by atoms with E-state index in [1.165, 1.54) is 16.8 Å². The zero-order chi connectivity index (χ0) is 14.1. The molecule has 102 valence electrons. The SMILES string of the molecule is Cc1cc(C(C)(C)C)ccc1N(C)C(C)(C)CN.